The van der Waals surface area contributed by atoms with E-state index in [4.69, 9.17) is 0 Å². The zero-order valence-electron chi connectivity index (χ0n) is 13.5. The van der Waals surface area contributed by atoms with Gasteiger partial charge in [-0.2, -0.15) is 0 Å². The van der Waals surface area contributed by atoms with Crippen LogP contribution in [0.5, 0.6) is 0 Å². The van der Waals surface area contributed by atoms with Crippen molar-refractivity contribution < 1.29 is 9.59 Å². The van der Waals surface area contributed by atoms with Crippen molar-refractivity contribution in [3.63, 3.8) is 0 Å². The van der Waals surface area contributed by atoms with Crippen LogP contribution < -0.4 is 5.32 Å². The highest BCUT2D eigenvalue weighted by Crippen LogP contribution is 2.23. The number of nitrogens with one attached hydrogen (secondary N) is 2. The van der Waals surface area contributed by atoms with Crippen molar-refractivity contribution in [2.45, 2.75) is 39.2 Å². The van der Waals surface area contributed by atoms with E-state index >= 15 is 0 Å². The number of nitrogens with zero attached hydrogens (tertiary/aromatic N) is 2. The number of anilines is 1. The number of fused-ring (bicyclic) bond motifs is 1. The van der Waals surface area contributed by atoms with Gasteiger partial charge in [-0.05, 0) is 25.5 Å². The van der Waals surface area contributed by atoms with Crippen LogP contribution in [-0.2, 0) is 9.59 Å². The summed E-state index contributed by atoms with van der Waals surface area (Å²) in [6, 6.07) is 7.79. The highest BCUT2D eigenvalue weighted by atomic mass is 16.2. The summed E-state index contributed by atoms with van der Waals surface area (Å²) in [6.07, 6.45) is 2.27. The molecule has 6 nitrogen and oxygen atoms in total. The molecule has 122 valence electrons. The first-order valence-electron chi connectivity index (χ1n) is 8.13. The Balaban J connectivity index is 1.65. The number of likely N-dealkylation sites (tertiary alicyclic amines) is 1. The molecule has 2 heterocycles. The molecule has 0 radical (unpaired) electrons. The van der Waals surface area contributed by atoms with Crippen molar-refractivity contribution >= 4 is 28.8 Å². The number of rotatable bonds is 5. The van der Waals surface area contributed by atoms with Gasteiger partial charge in [-0.15, -0.1) is 0 Å². The minimum atomic E-state index is -0.310. The number of H-pyrrole nitrogens is 1. The van der Waals surface area contributed by atoms with Gasteiger partial charge in [0.25, 0.3) is 0 Å². The Morgan fingerprint density at radius 1 is 1.48 bits per heavy atom. The zero-order valence-corrected chi connectivity index (χ0v) is 13.5. The van der Waals surface area contributed by atoms with Crippen molar-refractivity contribution in [3.05, 3.63) is 24.3 Å². The van der Waals surface area contributed by atoms with Crippen LogP contribution in [0.2, 0.25) is 0 Å². The lowest BCUT2D eigenvalue weighted by molar-refractivity contribution is -0.129. The SMILES string of the molecule is CCC[C@H](C)N1C[C@H](C(=O)Nc2nc3ccccc3[nH]2)CC1=O. The number of amides is 2. The summed E-state index contributed by atoms with van der Waals surface area (Å²) in [4.78, 5) is 33.8. The number of aromatic amines is 1. The maximum Gasteiger partial charge on any atom is 0.232 e. The number of imidazole rings is 1. The molecule has 0 spiro atoms. The molecule has 1 fully saturated rings. The first-order valence-corrected chi connectivity index (χ1v) is 8.13. The third kappa shape index (κ3) is 3.21. The maximum atomic E-state index is 12.4. The molecule has 0 unspecified atom stereocenters. The standard InChI is InChI=1S/C17H22N4O2/c1-3-6-11(2)21-10-12(9-15(21)22)16(23)20-17-18-13-7-4-5-8-14(13)19-17/h4-5,7-8,11-12H,3,6,9-10H2,1-2H3,(H2,18,19,20,23)/t11-,12+/m0/s1. The fraction of sp³-hybridized carbons (Fsp3) is 0.471. The van der Waals surface area contributed by atoms with E-state index in [1.807, 2.05) is 36.1 Å². The van der Waals surface area contributed by atoms with Crippen molar-refractivity contribution in [1.29, 1.82) is 0 Å². The highest BCUT2D eigenvalue weighted by molar-refractivity contribution is 5.97. The van der Waals surface area contributed by atoms with Gasteiger partial charge in [-0.25, -0.2) is 4.98 Å². The predicted octanol–water partition coefficient (Wildman–Crippen LogP) is 2.54. The first-order chi connectivity index (χ1) is 11.1. The predicted molar refractivity (Wildman–Crippen MR) is 88.9 cm³/mol. The lowest BCUT2D eigenvalue weighted by Gasteiger charge is -2.24. The smallest absolute Gasteiger partial charge is 0.232 e. The van der Waals surface area contributed by atoms with Crippen LogP contribution in [-0.4, -0.2) is 39.3 Å². The van der Waals surface area contributed by atoms with E-state index in [2.05, 4.69) is 22.2 Å². The average molecular weight is 314 g/mol. The van der Waals surface area contributed by atoms with Crippen molar-refractivity contribution in [3.8, 4) is 0 Å². The highest BCUT2D eigenvalue weighted by Gasteiger charge is 2.36. The Hall–Kier alpha value is -2.37. The molecule has 0 bridgehead atoms. The molecule has 0 saturated carbocycles. The molecular formula is C17H22N4O2. The average Bonchev–Trinajstić information content (AvgIpc) is 3.10. The Labute approximate surface area is 135 Å². The van der Waals surface area contributed by atoms with E-state index in [1.165, 1.54) is 0 Å². The van der Waals surface area contributed by atoms with Gasteiger partial charge < -0.3 is 9.88 Å². The second kappa shape index (κ2) is 6.40. The Bertz CT molecular complexity index is 691. The number of carbonyl (C=O) groups excluding carboxylic acids is 2. The number of hydrogen-bond donors (Lipinski definition) is 2. The summed E-state index contributed by atoms with van der Waals surface area (Å²) in [7, 11) is 0. The Kier molecular flexibility index (Phi) is 4.32. The van der Waals surface area contributed by atoms with E-state index in [-0.39, 0.29) is 30.2 Å². The molecule has 23 heavy (non-hydrogen) atoms. The molecule has 2 atom stereocenters. The molecule has 2 aromatic rings. The van der Waals surface area contributed by atoms with Crippen molar-refractivity contribution in [1.82, 2.24) is 14.9 Å². The van der Waals surface area contributed by atoms with Gasteiger partial charge >= 0.3 is 0 Å². The van der Waals surface area contributed by atoms with Gasteiger partial charge in [0.05, 0.1) is 17.0 Å². The molecule has 2 N–H and O–H groups in total. The van der Waals surface area contributed by atoms with Crippen molar-refractivity contribution in [2.24, 2.45) is 5.92 Å². The number of benzene rings is 1. The zero-order chi connectivity index (χ0) is 16.4. The molecule has 3 rings (SSSR count). The van der Waals surface area contributed by atoms with E-state index in [0.29, 0.717) is 12.5 Å². The van der Waals surface area contributed by atoms with Crippen LogP contribution in [0.3, 0.4) is 0 Å². The number of carbonyl (C=O) groups is 2. The van der Waals surface area contributed by atoms with Crippen LogP contribution in [0.1, 0.15) is 33.1 Å². The topological polar surface area (TPSA) is 78.1 Å². The summed E-state index contributed by atoms with van der Waals surface area (Å²) in [5.41, 5.74) is 1.69. The van der Waals surface area contributed by atoms with Crippen LogP contribution >= 0.6 is 0 Å². The minimum Gasteiger partial charge on any atom is -0.339 e. The molecule has 1 aliphatic heterocycles. The van der Waals surface area contributed by atoms with Gasteiger partial charge in [0.15, 0.2) is 0 Å². The summed E-state index contributed by atoms with van der Waals surface area (Å²) in [6.45, 7) is 4.63. The summed E-state index contributed by atoms with van der Waals surface area (Å²) >= 11 is 0. The maximum absolute atomic E-state index is 12.4. The summed E-state index contributed by atoms with van der Waals surface area (Å²) < 4.78 is 0. The van der Waals surface area contributed by atoms with E-state index in [9.17, 15) is 9.59 Å². The molecule has 1 saturated heterocycles. The van der Waals surface area contributed by atoms with Gasteiger partial charge in [0, 0.05) is 19.0 Å². The van der Waals surface area contributed by atoms with Gasteiger partial charge in [0.1, 0.15) is 0 Å². The van der Waals surface area contributed by atoms with Gasteiger partial charge in [-0.1, -0.05) is 25.5 Å². The second-order valence-corrected chi connectivity index (χ2v) is 6.18. The number of para-hydroxylation sites is 2. The van der Waals surface area contributed by atoms with E-state index in [1.54, 1.807) is 0 Å². The Morgan fingerprint density at radius 2 is 2.26 bits per heavy atom. The van der Waals surface area contributed by atoms with E-state index in [0.717, 1.165) is 23.9 Å². The minimum absolute atomic E-state index is 0.0655. The molecule has 1 aromatic heterocycles. The van der Waals surface area contributed by atoms with Crippen LogP contribution in [0.25, 0.3) is 11.0 Å². The number of hydrogen-bond acceptors (Lipinski definition) is 3. The monoisotopic (exact) mass is 314 g/mol. The molecular weight excluding hydrogens is 292 g/mol. The molecule has 1 aromatic carbocycles. The molecule has 1 aliphatic rings. The molecule has 6 heteroatoms. The summed E-state index contributed by atoms with van der Waals surface area (Å²) in [5, 5.41) is 2.80. The molecule has 0 aliphatic carbocycles. The third-order valence-corrected chi connectivity index (χ3v) is 4.40. The van der Waals surface area contributed by atoms with Crippen molar-refractivity contribution in [2.75, 3.05) is 11.9 Å². The third-order valence-electron chi connectivity index (χ3n) is 4.40. The van der Waals surface area contributed by atoms with Crippen LogP contribution in [0, 0.1) is 5.92 Å². The Morgan fingerprint density at radius 3 is 3.00 bits per heavy atom. The fourth-order valence-electron chi connectivity index (χ4n) is 3.14. The molecule has 2 amide bonds. The first kappa shape index (κ1) is 15.5. The van der Waals surface area contributed by atoms with Crippen LogP contribution in [0.15, 0.2) is 24.3 Å². The van der Waals surface area contributed by atoms with Crippen LogP contribution in [0.4, 0.5) is 5.95 Å². The lowest BCUT2D eigenvalue weighted by Crippen LogP contribution is -2.35. The van der Waals surface area contributed by atoms with Gasteiger partial charge in [0.2, 0.25) is 17.8 Å². The lowest BCUT2D eigenvalue weighted by atomic mass is 10.1. The second-order valence-electron chi connectivity index (χ2n) is 6.18. The van der Waals surface area contributed by atoms with Gasteiger partial charge in [-0.3, -0.25) is 14.9 Å². The number of aromatic nitrogens is 2. The fourth-order valence-corrected chi connectivity index (χ4v) is 3.14. The normalized spacial score (nSPS) is 19.3. The summed E-state index contributed by atoms with van der Waals surface area (Å²) in [5.74, 6) is 0.0398. The quantitative estimate of drug-likeness (QED) is 0.890. The van der Waals surface area contributed by atoms with E-state index < -0.39 is 0 Å². The largest absolute Gasteiger partial charge is 0.339 e.